The lowest BCUT2D eigenvalue weighted by molar-refractivity contribution is 0.0826. The number of nitrogens with two attached hydrogens (primary N) is 1. The number of anilines is 1. The summed E-state index contributed by atoms with van der Waals surface area (Å²) in [6, 6.07) is 4.47. The largest absolute Gasteiger partial charge is 0.398 e. The predicted molar refractivity (Wildman–Crippen MR) is 91.5 cm³/mol. The second-order valence-corrected chi connectivity index (χ2v) is 6.98. The highest BCUT2D eigenvalue weighted by molar-refractivity contribution is 6.31. The minimum absolute atomic E-state index is 0.588. The minimum Gasteiger partial charge on any atom is -0.398 e. The van der Waals surface area contributed by atoms with E-state index in [1.54, 1.807) is 0 Å². The van der Waals surface area contributed by atoms with Gasteiger partial charge in [-0.1, -0.05) is 25.4 Å². The summed E-state index contributed by atoms with van der Waals surface area (Å²) in [5.41, 5.74) is 9.22. The van der Waals surface area contributed by atoms with Crippen molar-refractivity contribution in [3.8, 4) is 0 Å². The summed E-state index contributed by atoms with van der Waals surface area (Å²) in [6.07, 6.45) is 0. The standard InChI is InChI=1S/C17H27ClN3/c1-12(2)9-21-6-5-20(10-13(21)3)11-15-7-16(18)8-17(19)14(15)4/h7-8,13H,5-6,9-11,19H2,1-4H3/t13-/m0/s1. The molecule has 0 aromatic heterocycles. The fourth-order valence-electron chi connectivity index (χ4n) is 3.02. The van der Waals surface area contributed by atoms with E-state index in [9.17, 15) is 0 Å². The molecule has 4 heteroatoms. The van der Waals surface area contributed by atoms with Gasteiger partial charge in [0.2, 0.25) is 0 Å². The van der Waals surface area contributed by atoms with Crippen molar-refractivity contribution >= 4 is 17.3 Å². The molecule has 2 rings (SSSR count). The number of nitrogens with zero attached hydrogens (tertiary/aromatic N) is 2. The molecule has 3 nitrogen and oxygen atoms in total. The average Bonchev–Trinajstić information content (AvgIpc) is 2.38. The summed E-state index contributed by atoms with van der Waals surface area (Å²) in [5.74, 6) is 1.48. The van der Waals surface area contributed by atoms with E-state index in [2.05, 4.69) is 37.5 Å². The molecule has 1 aromatic rings. The van der Waals surface area contributed by atoms with Crippen LogP contribution >= 0.6 is 11.6 Å². The molecule has 0 saturated carbocycles. The summed E-state index contributed by atoms with van der Waals surface area (Å²) in [6.45, 7) is 14.2. The highest BCUT2D eigenvalue weighted by atomic mass is 35.5. The quantitative estimate of drug-likeness (QED) is 0.866. The molecule has 117 valence electrons. The fourth-order valence-corrected chi connectivity index (χ4v) is 3.27. The van der Waals surface area contributed by atoms with Crippen LogP contribution in [0, 0.1) is 12.8 Å². The SMILES string of the molecule is C[C](C)CN1CCN(Cc2cc(Cl)cc(N)c2C)C[C@@H]1C. The van der Waals surface area contributed by atoms with Gasteiger partial charge >= 0.3 is 0 Å². The van der Waals surface area contributed by atoms with Crippen LogP contribution in [0.5, 0.6) is 0 Å². The zero-order valence-corrected chi connectivity index (χ0v) is 14.4. The number of rotatable bonds is 4. The van der Waals surface area contributed by atoms with Gasteiger partial charge in [-0.25, -0.2) is 0 Å². The van der Waals surface area contributed by atoms with E-state index < -0.39 is 0 Å². The zero-order chi connectivity index (χ0) is 15.6. The van der Waals surface area contributed by atoms with Crippen molar-refractivity contribution in [2.24, 2.45) is 0 Å². The monoisotopic (exact) mass is 308 g/mol. The van der Waals surface area contributed by atoms with Crippen molar-refractivity contribution in [2.75, 3.05) is 31.9 Å². The van der Waals surface area contributed by atoms with Gasteiger partial charge in [-0.05, 0) is 43.0 Å². The van der Waals surface area contributed by atoms with Crippen LogP contribution < -0.4 is 5.73 Å². The summed E-state index contributed by atoms with van der Waals surface area (Å²) in [4.78, 5) is 5.06. The van der Waals surface area contributed by atoms with Crippen LogP contribution in [0.15, 0.2) is 12.1 Å². The molecule has 1 saturated heterocycles. The molecule has 0 bridgehead atoms. The van der Waals surface area contributed by atoms with Crippen LogP contribution in [0.3, 0.4) is 0 Å². The van der Waals surface area contributed by atoms with Crippen LogP contribution in [0.25, 0.3) is 0 Å². The third-order valence-corrected chi connectivity index (χ3v) is 4.50. The minimum atomic E-state index is 0.588. The molecule has 1 aromatic carbocycles. The van der Waals surface area contributed by atoms with E-state index in [1.165, 1.54) is 11.5 Å². The molecule has 0 aliphatic carbocycles. The van der Waals surface area contributed by atoms with Gasteiger partial charge in [0.25, 0.3) is 0 Å². The van der Waals surface area contributed by atoms with Crippen LogP contribution in [0.2, 0.25) is 5.02 Å². The molecule has 1 aliphatic rings. The number of hydrogen-bond acceptors (Lipinski definition) is 3. The average molecular weight is 309 g/mol. The fraction of sp³-hybridized carbons (Fsp3) is 0.588. The van der Waals surface area contributed by atoms with Gasteiger partial charge in [-0.3, -0.25) is 9.80 Å². The Kier molecular flexibility index (Phi) is 5.53. The molecule has 1 atom stereocenters. The van der Waals surface area contributed by atoms with Crippen molar-refractivity contribution in [1.82, 2.24) is 9.80 Å². The van der Waals surface area contributed by atoms with Crippen LogP contribution in [-0.2, 0) is 6.54 Å². The van der Waals surface area contributed by atoms with Crippen molar-refractivity contribution in [3.05, 3.63) is 34.2 Å². The molecule has 2 N–H and O–H groups in total. The van der Waals surface area contributed by atoms with Crippen LogP contribution in [0.1, 0.15) is 31.9 Å². The molecule has 21 heavy (non-hydrogen) atoms. The van der Waals surface area contributed by atoms with Crippen molar-refractivity contribution in [2.45, 2.75) is 40.3 Å². The lowest BCUT2D eigenvalue weighted by Crippen LogP contribution is -2.52. The van der Waals surface area contributed by atoms with Gasteiger partial charge in [-0.15, -0.1) is 0 Å². The lowest BCUT2D eigenvalue weighted by atomic mass is 10.0. The summed E-state index contributed by atoms with van der Waals surface area (Å²) < 4.78 is 0. The Bertz CT molecular complexity index is 487. The van der Waals surface area contributed by atoms with Gasteiger partial charge in [0.15, 0.2) is 0 Å². The van der Waals surface area contributed by atoms with E-state index in [0.717, 1.165) is 49.0 Å². The lowest BCUT2D eigenvalue weighted by Gasteiger charge is -2.40. The third-order valence-electron chi connectivity index (χ3n) is 4.28. The van der Waals surface area contributed by atoms with E-state index >= 15 is 0 Å². The molecule has 1 heterocycles. The third kappa shape index (κ3) is 4.35. The maximum Gasteiger partial charge on any atom is 0.0429 e. The van der Waals surface area contributed by atoms with Crippen LogP contribution in [-0.4, -0.2) is 42.0 Å². The normalized spacial score (nSPS) is 21.1. The Morgan fingerprint density at radius 2 is 2.05 bits per heavy atom. The van der Waals surface area contributed by atoms with Gasteiger partial charge in [0.05, 0.1) is 0 Å². The first-order chi connectivity index (χ1) is 9.86. The molecule has 1 radical (unpaired) electrons. The first kappa shape index (κ1) is 16.6. The van der Waals surface area contributed by atoms with Gasteiger partial charge in [0.1, 0.15) is 0 Å². The highest BCUT2D eigenvalue weighted by Gasteiger charge is 2.24. The Hall–Kier alpha value is -0.770. The smallest absolute Gasteiger partial charge is 0.0429 e. The number of nitrogen functional groups attached to an aromatic ring is 1. The predicted octanol–water partition coefficient (Wildman–Crippen LogP) is 3.35. The summed E-state index contributed by atoms with van der Waals surface area (Å²) >= 11 is 6.14. The van der Waals surface area contributed by atoms with Gasteiger partial charge < -0.3 is 5.73 Å². The molecule has 0 spiro atoms. The molecular weight excluding hydrogens is 282 g/mol. The first-order valence-electron chi connectivity index (χ1n) is 7.66. The highest BCUT2D eigenvalue weighted by Crippen LogP contribution is 2.24. The van der Waals surface area contributed by atoms with Crippen molar-refractivity contribution in [1.29, 1.82) is 0 Å². The summed E-state index contributed by atoms with van der Waals surface area (Å²) in [7, 11) is 0. The second-order valence-electron chi connectivity index (χ2n) is 6.54. The zero-order valence-electron chi connectivity index (χ0n) is 13.6. The Balaban J connectivity index is 2.00. The van der Waals surface area contributed by atoms with Gasteiger partial charge in [-0.2, -0.15) is 0 Å². The Morgan fingerprint density at radius 3 is 2.67 bits per heavy atom. The topological polar surface area (TPSA) is 32.5 Å². The number of piperazine rings is 1. The number of halogens is 1. The molecule has 0 amide bonds. The number of benzene rings is 1. The second kappa shape index (κ2) is 6.99. The molecule has 1 fully saturated rings. The van der Waals surface area contributed by atoms with E-state index in [0.29, 0.717) is 6.04 Å². The maximum absolute atomic E-state index is 6.14. The van der Waals surface area contributed by atoms with E-state index in [-0.39, 0.29) is 0 Å². The van der Waals surface area contributed by atoms with Crippen molar-refractivity contribution in [3.63, 3.8) is 0 Å². The Morgan fingerprint density at radius 1 is 1.33 bits per heavy atom. The van der Waals surface area contributed by atoms with E-state index in [1.807, 2.05) is 12.1 Å². The van der Waals surface area contributed by atoms with Gasteiger partial charge in [0, 0.05) is 49.5 Å². The molecule has 1 aliphatic heterocycles. The maximum atomic E-state index is 6.14. The van der Waals surface area contributed by atoms with Crippen LogP contribution in [0.4, 0.5) is 5.69 Å². The molecule has 0 unspecified atom stereocenters. The number of hydrogen-bond donors (Lipinski definition) is 1. The van der Waals surface area contributed by atoms with E-state index in [4.69, 9.17) is 17.3 Å². The van der Waals surface area contributed by atoms with Crippen molar-refractivity contribution < 1.29 is 0 Å². The first-order valence-corrected chi connectivity index (χ1v) is 8.04. The summed E-state index contributed by atoms with van der Waals surface area (Å²) in [5, 5.41) is 0.732. The molecular formula is C17H27ClN3. The Labute approximate surface area is 134 Å².